The summed E-state index contributed by atoms with van der Waals surface area (Å²) in [6, 6.07) is 20.0. The summed E-state index contributed by atoms with van der Waals surface area (Å²) < 4.78 is 11.0. The number of halogens is 2. The number of piperazine rings is 1. The first-order valence-electron chi connectivity index (χ1n) is 11.4. The molecule has 0 spiro atoms. The van der Waals surface area contributed by atoms with Crippen LogP contribution >= 0.6 is 23.2 Å². The Labute approximate surface area is 218 Å². The van der Waals surface area contributed by atoms with Crippen molar-refractivity contribution in [2.45, 2.75) is 0 Å². The molecular formula is C27H23Cl2N3O4. The summed E-state index contributed by atoms with van der Waals surface area (Å²) in [4.78, 5) is 29.7. The molecule has 2 amide bonds. The maximum atomic E-state index is 12.9. The van der Waals surface area contributed by atoms with Gasteiger partial charge in [-0.2, -0.15) is 0 Å². The molecule has 0 bridgehead atoms. The molecule has 0 saturated carbocycles. The molecule has 1 aliphatic rings. The number of amides is 2. The van der Waals surface area contributed by atoms with Crippen LogP contribution in [0.5, 0.6) is 5.75 Å². The number of hydrogen-bond donors (Lipinski definition) is 1. The number of rotatable bonds is 5. The van der Waals surface area contributed by atoms with E-state index >= 15 is 0 Å². The van der Waals surface area contributed by atoms with Crippen LogP contribution in [0.15, 0.2) is 71.1 Å². The summed E-state index contributed by atoms with van der Waals surface area (Å²) in [7, 11) is 1.45. The number of nitrogens with one attached hydrogen (secondary N) is 1. The molecule has 7 nitrogen and oxygen atoms in total. The van der Waals surface area contributed by atoms with Gasteiger partial charge in [-0.15, -0.1) is 0 Å². The van der Waals surface area contributed by atoms with Crippen molar-refractivity contribution in [2.75, 3.05) is 43.5 Å². The van der Waals surface area contributed by atoms with Gasteiger partial charge in [-0.05, 0) is 48.5 Å². The third kappa shape index (κ3) is 4.85. The number of fused-ring (bicyclic) bond motifs is 1. The van der Waals surface area contributed by atoms with Crippen LogP contribution < -0.4 is 15.0 Å². The Morgan fingerprint density at radius 3 is 2.36 bits per heavy atom. The van der Waals surface area contributed by atoms with Crippen molar-refractivity contribution >= 4 is 57.4 Å². The topological polar surface area (TPSA) is 75.0 Å². The van der Waals surface area contributed by atoms with Gasteiger partial charge in [-0.3, -0.25) is 9.59 Å². The van der Waals surface area contributed by atoms with Crippen LogP contribution in [-0.2, 0) is 0 Å². The van der Waals surface area contributed by atoms with Crippen molar-refractivity contribution in [2.24, 2.45) is 0 Å². The largest absolute Gasteiger partial charge is 0.494 e. The third-order valence-electron chi connectivity index (χ3n) is 6.15. The molecule has 1 saturated heterocycles. The molecule has 1 fully saturated rings. The molecule has 1 aliphatic heterocycles. The van der Waals surface area contributed by atoms with Crippen molar-refractivity contribution in [3.05, 3.63) is 88.1 Å². The number of para-hydroxylation sites is 1. The van der Waals surface area contributed by atoms with Gasteiger partial charge in [0.2, 0.25) is 0 Å². The molecule has 36 heavy (non-hydrogen) atoms. The van der Waals surface area contributed by atoms with Crippen LogP contribution in [0.4, 0.5) is 11.4 Å². The van der Waals surface area contributed by atoms with Crippen LogP contribution in [0.3, 0.4) is 0 Å². The number of benzene rings is 3. The summed E-state index contributed by atoms with van der Waals surface area (Å²) >= 11 is 12.2. The molecule has 184 valence electrons. The molecule has 0 aliphatic carbocycles. The lowest BCUT2D eigenvalue weighted by molar-refractivity contribution is 0.0717. The Balaban J connectivity index is 1.20. The first-order chi connectivity index (χ1) is 17.4. The highest BCUT2D eigenvalue weighted by Crippen LogP contribution is 2.33. The smallest absolute Gasteiger partial charge is 0.289 e. The Morgan fingerprint density at radius 1 is 0.944 bits per heavy atom. The lowest BCUT2D eigenvalue weighted by Gasteiger charge is -2.35. The van der Waals surface area contributed by atoms with Crippen molar-refractivity contribution < 1.29 is 18.7 Å². The summed E-state index contributed by atoms with van der Waals surface area (Å²) in [6.45, 7) is 2.55. The van der Waals surface area contributed by atoms with E-state index in [1.807, 2.05) is 53.4 Å². The first kappa shape index (κ1) is 24.0. The van der Waals surface area contributed by atoms with Crippen LogP contribution in [0, 0.1) is 0 Å². The monoisotopic (exact) mass is 523 g/mol. The van der Waals surface area contributed by atoms with E-state index in [-0.39, 0.29) is 28.1 Å². The molecule has 1 N–H and O–H groups in total. The van der Waals surface area contributed by atoms with Gasteiger partial charge in [0.15, 0.2) is 5.76 Å². The first-order valence-corrected chi connectivity index (χ1v) is 12.2. The Morgan fingerprint density at radius 2 is 1.67 bits per heavy atom. The Bertz CT molecular complexity index is 1390. The predicted octanol–water partition coefficient (Wildman–Crippen LogP) is 5.96. The quantitative estimate of drug-likeness (QED) is 0.349. The second kappa shape index (κ2) is 10.1. The van der Waals surface area contributed by atoms with E-state index < -0.39 is 0 Å². The highest BCUT2D eigenvalue weighted by atomic mass is 35.5. The van der Waals surface area contributed by atoms with Crippen LogP contribution in [0.25, 0.3) is 11.0 Å². The number of carbonyl (C=O) groups excluding carboxylic acids is 2. The zero-order valence-corrected chi connectivity index (χ0v) is 21.0. The van der Waals surface area contributed by atoms with Gasteiger partial charge in [-0.25, -0.2) is 0 Å². The maximum absolute atomic E-state index is 12.9. The normalized spacial score (nSPS) is 13.6. The molecular weight excluding hydrogens is 501 g/mol. The summed E-state index contributed by atoms with van der Waals surface area (Å²) in [6.07, 6.45) is 0. The number of ether oxygens (including phenoxy) is 1. The summed E-state index contributed by atoms with van der Waals surface area (Å²) in [5.41, 5.74) is 2.60. The second-order valence-corrected chi connectivity index (χ2v) is 9.24. The van der Waals surface area contributed by atoms with Crippen LogP contribution in [0.1, 0.15) is 20.9 Å². The van der Waals surface area contributed by atoms with E-state index in [0.29, 0.717) is 48.2 Å². The van der Waals surface area contributed by atoms with E-state index in [1.54, 1.807) is 6.07 Å². The van der Waals surface area contributed by atoms with Gasteiger partial charge in [0, 0.05) is 48.0 Å². The van der Waals surface area contributed by atoms with Crippen molar-refractivity contribution in [3.8, 4) is 5.75 Å². The van der Waals surface area contributed by atoms with Gasteiger partial charge in [0.25, 0.3) is 11.8 Å². The van der Waals surface area contributed by atoms with E-state index in [1.165, 1.54) is 19.2 Å². The van der Waals surface area contributed by atoms with Gasteiger partial charge in [-0.1, -0.05) is 41.4 Å². The minimum absolute atomic E-state index is 0.0968. The zero-order valence-electron chi connectivity index (χ0n) is 19.5. The van der Waals surface area contributed by atoms with E-state index in [9.17, 15) is 9.59 Å². The number of hydrogen-bond acceptors (Lipinski definition) is 5. The molecule has 2 heterocycles. The maximum Gasteiger partial charge on any atom is 0.289 e. The van der Waals surface area contributed by atoms with Crippen molar-refractivity contribution in [1.29, 1.82) is 0 Å². The predicted molar refractivity (Wildman–Crippen MR) is 142 cm³/mol. The standard InChI is InChI=1S/C27H23Cl2N3O4/c1-35-25-21(15-18(28)16-22(25)29)26(33)30-19-6-8-20(9-7-19)31-10-12-32(13-11-31)27(34)24-14-17-4-2-3-5-23(17)36-24/h2-9,14-16H,10-13H2,1H3,(H,30,33). The fraction of sp³-hybridized carbons (Fsp3) is 0.185. The SMILES string of the molecule is COc1c(Cl)cc(Cl)cc1C(=O)Nc1ccc(N2CCN(C(=O)c3cc4ccccc4o3)CC2)cc1. The fourth-order valence-electron chi connectivity index (χ4n) is 4.30. The van der Waals surface area contributed by atoms with Gasteiger partial charge in [0.05, 0.1) is 17.7 Å². The van der Waals surface area contributed by atoms with Crippen molar-refractivity contribution in [3.63, 3.8) is 0 Å². The summed E-state index contributed by atoms with van der Waals surface area (Å²) in [5, 5.41) is 4.38. The number of methoxy groups -OCH3 is 1. The number of furan rings is 1. The molecule has 0 atom stereocenters. The molecule has 4 aromatic rings. The lowest BCUT2D eigenvalue weighted by atomic mass is 10.1. The van der Waals surface area contributed by atoms with Gasteiger partial charge in [0.1, 0.15) is 11.3 Å². The number of anilines is 2. The van der Waals surface area contributed by atoms with Crippen LogP contribution in [0.2, 0.25) is 10.0 Å². The third-order valence-corrected chi connectivity index (χ3v) is 6.65. The highest BCUT2D eigenvalue weighted by molar-refractivity contribution is 6.36. The highest BCUT2D eigenvalue weighted by Gasteiger charge is 2.25. The molecule has 0 radical (unpaired) electrons. The summed E-state index contributed by atoms with van der Waals surface area (Å²) in [5.74, 6) is 0.162. The molecule has 9 heteroatoms. The van der Waals surface area contributed by atoms with E-state index in [4.69, 9.17) is 32.4 Å². The van der Waals surface area contributed by atoms with Crippen molar-refractivity contribution in [1.82, 2.24) is 4.90 Å². The number of nitrogens with zero attached hydrogens (tertiary/aromatic N) is 2. The average molecular weight is 524 g/mol. The molecule has 0 unspecified atom stereocenters. The molecule has 1 aromatic heterocycles. The minimum atomic E-state index is -0.373. The Hall–Kier alpha value is -3.68. The number of carbonyl (C=O) groups is 2. The fourth-order valence-corrected chi connectivity index (χ4v) is 4.87. The van der Waals surface area contributed by atoms with Crippen LogP contribution in [-0.4, -0.2) is 50.0 Å². The van der Waals surface area contributed by atoms with Gasteiger partial charge >= 0.3 is 0 Å². The Kier molecular flexibility index (Phi) is 6.76. The van der Waals surface area contributed by atoms with E-state index in [2.05, 4.69) is 10.2 Å². The lowest BCUT2D eigenvalue weighted by Crippen LogP contribution is -2.48. The molecule has 5 rings (SSSR count). The zero-order chi connectivity index (χ0) is 25.2. The average Bonchev–Trinajstić information content (AvgIpc) is 3.33. The minimum Gasteiger partial charge on any atom is -0.494 e. The van der Waals surface area contributed by atoms with Gasteiger partial charge < -0.3 is 24.3 Å². The molecule has 3 aromatic carbocycles. The second-order valence-electron chi connectivity index (χ2n) is 8.40. The van der Waals surface area contributed by atoms with E-state index in [0.717, 1.165) is 11.1 Å².